The molecule has 0 radical (unpaired) electrons. The van der Waals surface area contributed by atoms with Crippen molar-refractivity contribution in [2.75, 3.05) is 26.8 Å². The molecule has 1 aliphatic rings. The average molecular weight is 395 g/mol. The number of piperidine rings is 1. The summed E-state index contributed by atoms with van der Waals surface area (Å²) < 4.78 is 10.8. The van der Waals surface area contributed by atoms with E-state index < -0.39 is 0 Å². The van der Waals surface area contributed by atoms with E-state index in [9.17, 15) is 9.59 Å². The summed E-state index contributed by atoms with van der Waals surface area (Å²) in [6.07, 6.45) is 3.49. The zero-order valence-corrected chi connectivity index (χ0v) is 17.2. The summed E-state index contributed by atoms with van der Waals surface area (Å²) in [6.45, 7) is 4.01. The number of ketones is 1. The van der Waals surface area contributed by atoms with Gasteiger partial charge in [-0.05, 0) is 67.8 Å². The molecule has 5 nitrogen and oxygen atoms in total. The van der Waals surface area contributed by atoms with Crippen LogP contribution in [0.3, 0.4) is 0 Å². The number of likely N-dealkylation sites (tertiary alicyclic amines) is 1. The third kappa shape index (κ3) is 5.37. The standard InChI is InChI=1S/C24H29NO4/c1-3-4-17-29-22-11-7-20(8-12-22)24(27)25-15-13-19(14-16-25)23(26)18-5-9-21(28-2)10-6-18/h5-12,19H,3-4,13-17H2,1-2H3. The second-order valence-electron chi connectivity index (χ2n) is 7.39. The van der Waals surface area contributed by atoms with E-state index in [1.807, 2.05) is 53.4 Å². The molecule has 2 aromatic rings. The number of Topliss-reactive ketones (excluding diaryl/α,β-unsaturated/α-hetero) is 1. The highest BCUT2D eigenvalue weighted by Gasteiger charge is 2.28. The average Bonchev–Trinajstić information content (AvgIpc) is 2.79. The summed E-state index contributed by atoms with van der Waals surface area (Å²) in [5, 5.41) is 0. The van der Waals surface area contributed by atoms with Crippen LogP contribution in [0.2, 0.25) is 0 Å². The molecule has 0 saturated carbocycles. The van der Waals surface area contributed by atoms with Crippen LogP contribution in [0, 0.1) is 5.92 Å². The second kappa shape index (κ2) is 10.1. The molecule has 0 aliphatic carbocycles. The van der Waals surface area contributed by atoms with Crippen molar-refractivity contribution < 1.29 is 19.1 Å². The van der Waals surface area contributed by atoms with Gasteiger partial charge < -0.3 is 14.4 Å². The van der Waals surface area contributed by atoms with Crippen molar-refractivity contribution in [3.63, 3.8) is 0 Å². The first kappa shape index (κ1) is 20.9. The molecule has 0 atom stereocenters. The van der Waals surface area contributed by atoms with Gasteiger partial charge >= 0.3 is 0 Å². The van der Waals surface area contributed by atoms with E-state index in [1.165, 1.54) is 0 Å². The summed E-state index contributed by atoms with van der Waals surface area (Å²) in [7, 11) is 1.61. The van der Waals surface area contributed by atoms with Crippen molar-refractivity contribution >= 4 is 11.7 Å². The molecule has 0 unspecified atom stereocenters. The number of carbonyl (C=O) groups is 2. The Kier molecular flexibility index (Phi) is 7.28. The fourth-order valence-corrected chi connectivity index (χ4v) is 3.55. The molecule has 0 aromatic heterocycles. The smallest absolute Gasteiger partial charge is 0.253 e. The van der Waals surface area contributed by atoms with Crippen molar-refractivity contribution in [3.05, 3.63) is 59.7 Å². The predicted molar refractivity (Wildman–Crippen MR) is 113 cm³/mol. The molecule has 1 fully saturated rings. The molecule has 3 rings (SSSR count). The van der Waals surface area contributed by atoms with Crippen LogP contribution in [0.5, 0.6) is 11.5 Å². The molecule has 0 spiro atoms. The van der Waals surface area contributed by atoms with E-state index in [0.717, 1.165) is 24.3 Å². The topological polar surface area (TPSA) is 55.8 Å². The Balaban J connectivity index is 1.52. The molecule has 154 valence electrons. The van der Waals surface area contributed by atoms with Gasteiger partial charge in [-0.1, -0.05) is 13.3 Å². The molecule has 5 heteroatoms. The summed E-state index contributed by atoms with van der Waals surface area (Å²) in [6, 6.07) is 14.6. The van der Waals surface area contributed by atoms with Crippen LogP contribution in [0.15, 0.2) is 48.5 Å². The highest BCUT2D eigenvalue weighted by Crippen LogP contribution is 2.24. The lowest BCUT2D eigenvalue weighted by atomic mass is 9.88. The molecule has 1 saturated heterocycles. The van der Waals surface area contributed by atoms with E-state index in [4.69, 9.17) is 9.47 Å². The van der Waals surface area contributed by atoms with Crippen LogP contribution < -0.4 is 9.47 Å². The lowest BCUT2D eigenvalue weighted by molar-refractivity contribution is 0.0650. The maximum absolute atomic E-state index is 12.8. The Morgan fingerprint density at radius 1 is 0.931 bits per heavy atom. The summed E-state index contributed by atoms with van der Waals surface area (Å²) in [5.41, 5.74) is 1.36. The first-order valence-corrected chi connectivity index (χ1v) is 10.3. The number of unbranched alkanes of at least 4 members (excludes halogenated alkanes) is 1. The molecule has 1 heterocycles. The van der Waals surface area contributed by atoms with Gasteiger partial charge in [0.2, 0.25) is 0 Å². The molecule has 2 aromatic carbocycles. The normalized spacial score (nSPS) is 14.5. The number of rotatable bonds is 8. The molecule has 1 aliphatic heterocycles. The van der Waals surface area contributed by atoms with E-state index in [1.54, 1.807) is 7.11 Å². The van der Waals surface area contributed by atoms with Crippen LogP contribution in [0.25, 0.3) is 0 Å². The van der Waals surface area contributed by atoms with Gasteiger partial charge in [-0.25, -0.2) is 0 Å². The van der Waals surface area contributed by atoms with Crippen LogP contribution in [-0.4, -0.2) is 43.4 Å². The number of carbonyl (C=O) groups excluding carboxylic acids is 2. The highest BCUT2D eigenvalue weighted by atomic mass is 16.5. The highest BCUT2D eigenvalue weighted by molar-refractivity contribution is 5.98. The molecule has 0 N–H and O–H groups in total. The monoisotopic (exact) mass is 395 g/mol. The van der Waals surface area contributed by atoms with Crippen molar-refractivity contribution in [1.29, 1.82) is 0 Å². The van der Waals surface area contributed by atoms with Gasteiger partial charge in [-0.3, -0.25) is 9.59 Å². The van der Waals surface area contributed by atoms with Gasteiger partial charge in [0.05, 0.1) is 13.7 Å². The number of hydrogen-bond acceptors (Lipinski definition) is 4. The third-order valence-corrected chi connectivity index (χ3v) is 5.40. The molecular formula is C24H29NO4. The van der Waals surface area contributed by atoms with Crippen LogP contribution in [-0.2, 0) is 0 Å². The van der Waals surface area contributed by atoms with Crippen molar-refractivity contribution in [1.82, 2.24) is 4.90 Å². The summed E-state index contributed by atoms with van der Waals surface area (Å²) in [5.74, 6) is 1.65. The molecule has 1 amide bonds. The minimum Gasteiger partial charge on any atom is -0.497 e. The molecule has 29 heavy (non-hydrogen) atoms. The number of methoxy groups -OCH3 is 1. The van der Waals surface area contributed by atoms with Crippen molar-refractivity contribution in [3.8, 4) is 11.5 Å². The minimum atomic E-state index is -0.0400. The lowest BCUT2D eigenvalue weighted by Crippen LogP contribution is -2.40. The minimum absolute atomic E-state index is 0.0143. The number of nitrogens with zero attached hydrogens (tertiary/aromatic N) is 1. The van der Waals surface area contributed by atoms with E-state index in [2.05, 4.69) is 6.92 Å². The zero-order chi connectivity index (χ0) is 20.6. The SMILES string of the molecule is CCCCOc1ccc(C(=O)N2CCC(C(=O)c3ccc(OC)cc3)CC2)cc1. The van der Waals surface area contributed by atoms with Gasteiger partial charge in [0.1, 0.15) is 11.5 Å². The summed E-state index contributed by atoms with van der Waals surface area (Å²) >= 11 is 0. The van der Waals surface area contributed by atoms with Gasteiger partial charge in [-0.2, -0.15) is 0 Å². The number of ether oxygens (including phenoxy) is 2. The second-order valence-corrected chi connectivity index (χ2v) is 7.39. The quantitative estimate of drug-likeness (QED) is 0.484. The number of hydrogen-bond donors (Lipinski definition) is 0. The Labute approximate surface area is 172 Å². The van der Waals surface area contributed by atoms with Crippen molar-refractivity contribution in [2.24, 2.45) is 5.92 Å². The summed E-state index contributed by atoms with van der Waals surface area (Å²) in [4.78, 5) is 27.3. The first-order chi connectivity index (χ1) is 14.1. The Hall–Kier alpha value is -2.82. The van der Waals surface area contributed by atoms with Gasteiger partial charge in [-0.15, -0.1) is 0 Å². The van der Waals surface area contributed by atoms with Crippen LogP contribution in [0.1, 0.15) is 53.3 Å². The Morgan fingerprint density at radius 2 is 1.52 bits per heavy atom. The number of amides is 1. The zero-order valence-electron chi connectivity index (χ0n) is 17.2. The van der Waals surface area contributed by atoms with E-state index in [0.29, 0.717) is 43.7 Å². The van der Waals surface area contributed by atoms with Gasteiger partial charge in [0, 0.05) is 30.1 Å². The predicted octanol–water partition coefficient (Wildman–Crippen LogP) is 4.61. The Bertz CT molecular complexity index is 806. The number of benzene rings is 2. The fraction of sp³-hybridized carbons (Fsp3) is 0.417. The molecular weight excluding hydrogens is 366 g/mol. The van der Waals surface area contributed by atoms with Gasteiger partial charge in [0.25, 0.3) is 5.91 Å². The van der Waals surface area contributed by atoms with Crippen molar-refractivity contribution in [2.45, 2.75) is 32.6 Å². The van der Waals surface area contributed by atoms with Crippen LogP contribution in [0.4, 0.5) is 0 Å². The lowest BCUT2D eigenvalue weighted by Gasteiger charge is -2.31. The molecule has 0 bridgehead atoms. The Morgan fingerprint density at radius 3 is 2.10 bits per heavy atom. The maximum Gasteiger partial charge on any atom is 0.253 e. The largest absolute Gasteiger partial charge is 0.497 e. The fourth-order valence-electron chi connectivity index (χ4n) is 3.55. The van der Waals surface area contributed by atoms with E-state index in [-0.39, 0.29) is 17.6 Å². The van der Waals surface area contributed by atoms with E-state index >= 15 is 0 Å². The van der Waals surface area contributed by atoms with Crippen LogP contribution >= 0.6 is 0 Å². The third-order valence-electron chi connectivity index (χ3n) is 5.40. The first-order valence-electron chi connectivity index (χ1n) is 10.3. The maximum atomic E-state index is 12.8. The van der Waals surface area contributed by atoms with Gasteiger partial charge in [0.15, 0.2) is 5.78 Å².